The highest BCUT2D eigenvalue weighted by Crippen LogP contribution is 2.40. The van der Waals surface area contributed by atoms with Gasteiger partial charge >= 0.3 is 0 Å². The van der Waals surface area contributed by atoms with Crippen molar-refractivity contribution in [2.24, 2.45) is 0 Å². The average molecular weight is 636 g/mol. The molecule has 0 fully saturated rings. The van der Waals surface area contributed by atoms with Gasteiger partial charge in [0, 0.05) is 38.4 Å². The fourth-order valence-corrected chi connectivity index (χ4v) is 7.45. The zero-order valence-corrected chi connectivity index (χ0v) is 26.7. The molecule has 0 N–H and O–H groups in total. The Morgan fingerprint density at radius 3 is 1.62 bits per heavy atom. The number of benzene rings is 7. The highest BCUT2D eigenvalue weighted by molar-refractivity contribution is 6.11. The van der Waals surface area contributed by atoms with E-state index in [-0.39, 0.29) is 0 Å². The highest BCUT2D eigenvalue weighted by atomic mass is 15.0. The molecule has 0 unspecified atom stereocenters. The molecule has 0 atom stereocenters. The largest absolute Gasteiger partial charge is 0.309 e. The molecule has 9 aromatic rings. The monoisotopic (exact) mass is 635 g/mol. The van der Waals surface area contributed by atoms with Crippen molar-refractivity contribution in [2.45, 2.75) is 0 Å². The maximum Gasteiger partial charge on any atom is 0.0998 e. The summed E-state index contributed by atoms with van der Waals surface area (Å²) in [6.45, 7) is 0. The maximum absolute atomic E-state index is 10.4. The number of fused-ring (bicyclic) bond motifs is 6. The van der Waals surface area contributed by atoms with Crippen molar-refractivity contribution in [1.29, 1.82) is 15.8 Å². The van der Waals surface area contributed by atoms with Crippen LogP contribution in [0, 0.1) is 34.0 Å². The summed E-state index contributed by atoms with van der Waals surface area (Å²) in [6.07, 6.45) is 0. The van der Waals surface area contributed by atoms with Crippen molar-refractivity contribution in [3.63, 3.8) is 0 Å². The molecule has 2 aromatic heterocycles. The summed E-state index contributed by atoms with van der Waals surface area (Å²) >= 11 is 0. The summed E-state index contributed by atoms with van der Waals surface area (Å²) in [5.74, 6) is 0. The number of hydrogen-bond acceptors (Lipinski definition) is 3. The molecule has 7 aromatic carbocycles. The van der Waals surface area contributed by atoms with E-state index in [4.69, 9.17) is 0 Å². The predicted molar refractivity (Wildman–Crippen MR) is 200 cm³/mol. The Hall–Kier alpha value is -7.39. The molecule has 0 aliphatic rings. The lowest BCUT2D eigenvalue weighted by molar-refractivity contribution is 1.18. The first kappa shape index (κ1) is 28.8. The molecule has 9 rings (SSSR count). The zero-order chi connectivity index (χ0) is 33.8. The zero-order valence-electron chi connectivity index (χ0n) is 26.7. The van der Waals surface area contributed by atoms with Crippen LogP contribution in [0.2, 0.25) is 0 Å². The van der Waals surface area contributed by atoms with E-state index >= 15 is 0 Å². The predicted octanol–water partition coefficient (Wildman–Crippen LogP) is 10.8. The van der Waals surface area contributed by atoms with E-state index in [1.807, 2.05) is 66.7 Å². The van der Waals surface area contributed by atoms with E-state index < -0.39 is 0 Å². The van der Waals surface area contributed by atoms with Crippen LogP contribution in [0.25, 0.3) is 77.2 Å². The van der Waals surface area contributed by atoms with Crippen LogP contribution in [0.4, 0.5) is 0 Å². The van der Waals surface area contributed by atoms with Crippen molar-refractivity contribution in [3.8, 4) is 51.8 Å². The van der Waals surface area contributed by atoms with Crippen molar-refractivity contribution in [3.05, 3.63) is 168 Å². The normalized spacial score (nSPS) is 11.1. The van der Waals surface area contributed by atoms with E-state index in [1.54, 1.807) is 0 Å². The first-order valence-corrected chi connectivity index (χ1v) is 16.3. The van der Waals surface area contributed by atoms with Gasteiger partial charge in [-0.3, -0.25) is 0 Å². The summed E-state index contributed by atoms with van der Waals surface area (Å²) in [7, 11) is 0. The van der Waals surface area contributed by atoms with Gasteiger partial charge in [-0.25, -0.2) is 0 Å². The lowest BCUT2D eigenvalue weighted by atomic mass is 9.92. The van der Waals surface area contributed by atoms with Gasteiger partial charge in [-0.1, -0.05) is 78.9 Å². The first-order valence-electron chi connectivity index (χ1n) is 16.3. The van der Waals surface area contributed by atoms with E-state index in [9.17, 15) is 15.8 Å². The van der Waals surface area contributed by atoms with Gasteiger partial charge in [-0.05, 0) is 83.9 Å². The number of nitrogens with zero attached hydrogens (tertiary/aromatic N) is 5. The summed E-state index contributed by atoms with van der Waals surface area (Å²) in [5.41, 5.74) is 11.0. The van der Waals surface area contributed by atoms with Gasteiger partial charge in [0.05, 0.1) is 62.7 Å². The molecule has 0 saturated carbocycles. The Balaban J connectivity index is 1.22. The topological polar surface area (TPSA) is 81.2 Å². The van der Waals surface area contributed by atoms with Crippen molar-refractivity contribution in [1.82, 2.24) is 9.13 Å². The van der Waals surface area contributed by atoms with Gasteiger partial charge in [0.1, 0.15) is 0 Å². The second-order valence-electron chi connectivity index (χ2n) is 12.3. The fraction of sp³-hybridized carbons (Fsp3) is 0. The average Bonchev–Trinajstić information content (AvgIpc) is 3.70. The van der Waals surface area contributed by atoms with Crippen molar-refractivity contribution >= 4 is 43.6 Å². The molecular formula is C45H25N5. The van der Waals surface area contributed by atoms with Crippen LogP contribution in [0.3, 0.4) is 0 Å². The van der Waals surface area contributed by atoms with E-state index in [0.717, 1.165) is 66.5 Å². The van der Waals surface area contributed by atoms with E-state index in [1.165, 1.54) is 10.8 Å². The summed E-state index contributed by atoms with van der Waals surface area (Å²) in [5, 5.41) is 34.7. The van der Waals surface area contributed by atoms with Gasteiger partial charge in [0.25, 0.3) is 0 Å². The smallest absolute Gasteiger partial charge is 0.0998 e. The van der Waals surface area contributed by atoms with Crippen LogP contribution in [0.15, 0.2) is 152 Å². The number of hydrogen-bond donors (Lipinski definition) is 0. The Kier molecular flexibility index (Phi) is 6.56. The molecule has 0 bridgehead atoms. The fourth-order valence-electron chi connectivity index (χ4n) is 7.45. The summed E-state index contributed by atoms with van der Waals surface area (Å²) in [6, 6.07) is 57.7. The van der Waals surface area contributed by atoms with Crippen LogP contribution >= 0.6 is 0 Å². The second-order valence-corrected chi connectivity index (χ2v) is 12.3. The maximum atomic E-state index is 10.4. The second kappa shape index (κ2) is 11.4. The minimum Gasteiger partial charge on any atom is -0.309 e. The molecule has 50 heavy (non-hydrogen) atoms. The number of rotatable bonds is 4. The van der Waals surface area contributed by atoms with Crippen LogP contribution in [-0.2, 0) is 0 Å². The molecule has 5 heteroatoms. The van der Waals surface area contributed by atoms with Crippen LogP contribution < -0.4 is 0 Å². The third kappa shape index (κ3) is 4.31. The van der Waals surface area contributed by atoms with Gasteiger partial charge in [0.2, 0.25) is 0 Å². The first-order chi connectivity index (χ1) is 24.7. The quantitative estimate of drug-likeness (QED) is 0.193. The Morgan fingerprint density at radius 2 is 0.980 bits per heavy atom. The van der Waals surface area contributed by atoms with Gasteiger partial charge < -0.3 is 9.13 Å². The van der Waals surface area contributed by atoms with Crippen LogP contribution in [0.1, 0.15) is 16.7 Å². The molecule has 2 heterocycles. The van der Waals surface area contributed by atoms with Gasteiger partial charge in [-0.15, -0.1) is 0 Å². The van der Waals surface area contributed by atoms with E-state index in [0.29, 0.717) is 16.7 Å². The molecule has 0 radical (unpaired) electrons. The molecule has 0 aliphatic carbocycles. The lowest BCUT2D eigenvalue weighted by Gasteiger charge is -2.17. The molecule has 0 spiro atoms. The minimum absolute atomic E-state index is 0.527. The number of aromatic nitrogens is 2. The molecule has 230 valence electrons. The molecule has 0 aliphatic heterocycles. The van der Waals surface area contributed by atoms with E-state index in [2.05, 4.69) is 112 Å². The number of nitriles is 3. The number of para-hydroxylation sites is 3. The lowest BCUT2D eigenvalue weighted by Crippen LogP contribution is -2.00. The minimum atomic E-state index is 0.527. The third-order valence-corrected chi connectivity index (χ3v) is 9.65. The summed E-state index contributed by atoms with van der Waals surface area (Å²) < 4.78 is 4.44. The van der Waals surface area contributed by atoms with Gasteiger partial charge in [-0.2, -0.15) is 15.8 Å². The van der Waals surface area contributed by atoms with Gasteiger partial charge in [0.15, 0.2) is 0 Å². The molecular weight excluding hydrogens is 611 g/mol. The standard InChI is InChI=1S/C45H25N5/c46-26-29-16-23-43-39(24-29)37-11-3-6-14-42(37)50(43)44-15-7-8-33(28-48)45(44)31-17-18-32(27-47)38(25-31)30-19-21-34(22-20-30)49-40-12-4-1-9-35(40)36-10-2-5-13-41(36)49/h1-25H. The Bertz CT molecular complexity index is 2900. The van der Waals surface area contributed by atoms with Crippen LogP contribution in [-0.4, -0.2) is 9.13 Å². The SMILES string of the molecule is N#Cc1ccc2c(c1)c1ccccc1n2-c1cccc(C#N)c1-c1ccc(C#N)c(-c2ccc(-n3c4ccccc4c4ccccc43)cc2)c1. The van der Waals surface area contributed by atoms with Crippen molar-refractivity contribution < 1.29 is 0 Å². The molecule has 0 amide bonds. The molecule has 0 saturated heterocycles. The van der Waals surface area contributed by atoms with Crippen molar-refractivity contribution in [2.75, 3.05) is 0 Å². The third-order valence-electron chi connectivity index (χ3n) is 9.65. The summed E-state index contributed by atoms with van der Waals surface area (Å²) in [4.78, 5) is 0. The molecule has 5 nitrogen and oxygen atoms in total. The Morgan fingerprint density at radius 1 is 0.400 bits per heavy atom. The van der Waals surface area contributed by atoms with Crippen LogP contribution in [0.5, 0.6) is 0 Å². The Labute approximate surface area is 287 Å². The highest BCUT2D eigenvalue weighted by Gasteiger charge is 2.20.